The van der Waals surface area contributed by atoms with Crippen LogP contribution in [-0.4, -0.2) is 15.2 Å². The first-order chi connectivity index (χ1) is 4.38. The summed E-state index contributed by atoms with van der Waals surface area (Å²) >= 11 is 0. The minimum atomic E-state index is -0.00264. The standard InChI is InChI=1S/C5H9N3O/c1-2-8-5(3-9)6-4-7-8/h4,9H,2-3H2,1H3/p+1. The number of nitrogens with one attached hydrogen (secondary N) is 1. The summed E-state index contributed by atoms with van der Waals surface area (Å²) < 4.78 is 1.78. The number of nitrogens with zero attached hydrogens (tertiary/aromatic N) is 2. The molecule has 0 saturated carbocycles. The molecule has 1 aromatic rings. The third-order valence-corrected chi connectivity index (χ3v) is 1.20. The fourth-order valence-corrected chi connectivity index (χ4v) is 0.717. The molecule has 0 aromatic carbocycles. The molecule has 0 aliphatic heterocycles. The molecular weight excluding hydrogens is 118 g/mol. The number of rotatable bonds is 2. The summed E-state index contributed by atoms with van der Waals surface area (Å²) in [6.45, 7) is 2.80. The van der Waals surface area contributed by atoms with Crippen molar-refractivity contribution in [3.05, 3.63) is 12.2 Å². The fourth-order valence-electron chi connectivity index (χ4n) is 0.717. The lowest BCUT2D eigenvalue weighted by atomic mass is 10.6. The van der Waals surface area contributed by atoms with E-state index in [0.29, 0.717) is 5.82 Å². The van der Waals surface area contributed by atoms with Gasteiger partial charge in [-0.3, -0.25) is 0 Å². The maximum absolute atomic E-state index is 8.64. The molecule has 0 unspecified atom stereocenters. The SMILES string of the molecule is CC[n+]1[nH]cnc1CO. The Labute approximate surface area is 53.1 Å². The van der Waals surface area contributed by atoms with E-state index in [2.05, 4.69) is 10.1 Å². The summed E-state index contributed by atoms with van der Waals surface area (Å²) in [6, 6.07) is 0. The van der Waals surface area contributed by atoms with E-state index in [1.54, 1.807) is 11.0 Å². The van der Waals surface area contributed by atoms with Crippen molar-refractivity contribution >= 4 is 0 Å². The van der Waals surface area contributed by atoms with Gasteiger partial charge >= 0.3 is 5.82 Å². The van der Waals surface area contributed by atoms with Crippen molar-refractivity contribution in [2.45, 2.75) is 20.1 Å². The Morgan fingerprint density at radius 1 is 1.89 bits per heavy atom. The Kier molecular flexibility index (Phi) is 1.79. The van der Waals surface area contributed by atoms with Crippen LogP contribution in [0.25, 0.3) is 0 Å². The molecule has 0 saturated heterocycles. The third-order valence-electron chi connectivity index (χ3n) is 1.20. The van der Waals surface area contributed by atoms with Crippen LogP contribution in [0.2, 0.25) is 0 Å². The smallest absolute Gasteiger partial charge is 0.344 e. The predicted molar refractivity (Wildman–Crippen MR) is 30.4 cm³/mol. The number of H-pyrrole nitrogens is 1. The zero-order chi connectivity index (χ0) is 6.69. The highest BCUT2D eigenvalue weighted by atomic mass is 16.3. The first kappa shape index (κ1) is 6.22. The topological polar surface area (TPSA) is 52.8 Å². The summed E-state index contributed by atoms with van der Waals surface area (Å²) in [5.41, 5.74) is 0. The Morgan fingerprint density at radius 3 is 3.11 bits per heavy atom. The predicted octanol–water partition coefficient (Wildman–Crippen LogP) is -0.791. The van der Waals surface area contributed by atoms with Crippen LogP contribution in [0.1, 0.15) is 12.7 Å². The van der Waals surface area contributed by atoms with Crippen molar-refractivity contribution < 1.29 is 9.79 Å². The van der Waals surface area contributed by atoms with Crippen LogP contribution >= 0.6 is 0 Å². The highest BCUT2D eigenvalue weighted by Gasteiger charge is 2.08. The van der Waals surface area contributed by atoms with Gasteiger partial charge in [0.25, 0.3) is 0 Å². The van der Waals surface area contributed by atoms with Gasteiger partial charge in [-0.05, 0) is 11.9 Å². The molecule has 0 radical (unpaired) electrons. The maximum atomic E-state index is 8.64. The molecule has 0 spiro atoms. The van der Waals surface area contributed by atoms with Gasteiger partial charge in [0.15, 0.2) is 6.61 Å². The van der Waals surface area contributed by atoms with Crippen molar-refractivity contribution in [1.82, 2.24) is 10.1 Å². The summed E-state index contributed by atoms with van der Waals surface area (Å²) in [6.07, 6.45) is 1.56. The first-order valence-corrected chi connectivity index (χ1v) is 2.91. The Balaban J connectivity index is 2.85. The van der Waals surface area contributed by atoms with E-state index in [1.807, 2.05) is 6.92 Å². The van der Waals surface area contributed by atoms with Gasteiger partial charge in [-0.15, -0.1) is 0 Å². The molecule has 0 aliphatic rings. The molecule has 0 atom stereocenters. The van der Waals surface area contributed by atoms with Gasteiger partial charge in [0, 0.05) is 0 Å². The third kappa shape index (κ3) is 1.08. The van der Waals surface area contributed by atoms with Crippen LogP contribution in [0.3, 0.4) is 0 Å². The average Bonchev–Trinajstić information content (AvgIpc) is 2.33. The van der Waals surface area contributed by atoms with Gasteiger partial charge < -0.3 is 5.11 Å². The molecule has 0 amide bonds. The lowest BCUT2D eigenvalue weighted by Crippen LogP contribution is -2.38. The van der Waals surface area contributed by atoms with Crippen LogP contribution in [0.15, 0.2) is 6.33 Å². The summed E-state index contributed by atoms with van der Waals surface area (Å²) in [4.78, 5) is 3.86. The molecule has 2 N–H and O–H groups in total. The summed E-state index contributed by atoms with van der Waals surface area (Å²) in [7, 11) is 0. The van der Waals surface area contributed by atoms with Gasteiger partial charge in [-0.2, -0.15) is 9.78 Å². The molecule has 0 aliphatic carbocycles. The van der Waals surface area contributed by atoms with E-state index in [9.17, 15) is 0 Å². The van der Waals surface area contributed by atoms with E-state index in [4.69, 9.17) is 5.11 Å². The largest absolute Gasteiger partial charge is 0.383 e. The fraction of sp³-hybridized carbons (Fsp3) is 0.600. The van der Waals surface area contributed by atoms with Crippen LogP contribution in [0, 0.1) is 0 Å². The van der Waals surface area contributed by atoms with Crippen molar-refractivity contribution in [2.75, 3.05) is 0 Å². The number of aromatic amines is 1. The number of aryl methyl sites for hydroxylation is 1. The number of aromatic nitrogens is 3. The Hall–Kier alpha value is -0.900. The number of hydrogen-bond donors (Lipinski definition) is 2. The highest BCUT2D eigenvalue weighted by Crippen LogP contribution is 1.79. The molecule has 50 valence electrons. The number of aliphatic hydroxyl groups excluding tert-OH is 1. The molecule has 1 aromatic heterocycles. The number of hydrogen-bond acceptors (Lipinski definition) is 2. The Bertz CT molecular complexity index is 166. The minimum Gasteiger partial charge on any atom is -0.383 e. The van der Waals surface area contributed by atoms with Crippen molar-refractivity contribution in [3.63, 3.8) is 0 Å². The van der Waals surface area contributed by atoms with E-state index < -0.39 is 0 Å². The molecule has 1 heterocycles. The van der Waals surface area contributed by atoms with Crippen LogP contribution < -0.4 is 4.68 Å². The van der Waals surface area contributed by atoms with E-state index in [0.717, 1.165) is 6.54 Å². The second kappa shape index (κ2) is 2.59. The van der Waals surface area contributed by atoms with Crippen LogP contribution in [0.5, 0.6) is 0 Å². The molecule has 4 heteroatoms. The average molecular weight is 128 g/mol. The molecular formula is C5H10N3O+. The molecule has 1 rings (SSSR count). The van der Waals surface area contributed by atoms with Crippen LogP contribution in [-0.2, 0) is 13.2 Å². The number of aliphatic hydroxyl groups is 1. The highest BCUT2D eigenvalue weighted by molar-refractivity contribution is 4.64. The quantitative estimate of drug-likeness (QED) is 0.513. The second-order valence-corrected chi connectivity index (χ2v) is 1.71. The van der Waals surface area contributed by atoms with Crippen molar-refractivity contribution in [1.29, 1.82) is 0 Å². The zero-order valence-corrected chi connectivity index (χ0v) is 5.33. The maximum Gasteiger partial charge on any atom is 0.344 e. The normalized spacial score (nSPS) is 10.0. The summed E-state index contributed by atoms with van der Waals surface area (Å²) in [5.74, 6) is 0.678. The molecule has 0 fully saturated rings. The zero-order valence-electron chi connectivity index (χ0n) is 5.33. The molecule has 4 nitrogen and oxygen atoms in total. The van der Waals surface area contributed by atoms with Gasteiger partial charge in [-0.1, -0.05) is 0 Å². The Morgan fingerprint density at radius 2 is 2.67 bits per heavy atom. The lowest BCUT2D eigenvalue weighted by molar-refractivity contribution is -0.756. The van der Waals surface area contributed by atoms with Gasteiger partial charge in [0.2, 0.25) is 6.33 Å². The van der Waals surface area contributed by atoms with E-state index in [-0.39, 0.29) is 6.61 Å². The molecule has 0 bridgehead atoms. The first-order valence-electron chi connectivity index (χ1n) is 2.91. The molecule has 9 heavy (non-hydrogen) atoms. The summed E-state index contributed by atoms with van der Waals surface area (Å²) in [5, 5.41) is 11.5. The van der Waals surface area contributed by atoms with Crippen molar-refractivity contribution in [2.24, 2.45) is 0 Å². The van der Waals surface area contributed by atoms with Crippen molar-refractivity contribution in [3.8, 4) is 0 Å². The van der Waals surface area contributed by atoms with Gasteiger partial charge in [0.05, 0.1) is 0 Å². The van der Waals surface area contributed by atoms with Crippen LogP contribution in [0.4, 0.5) is 0 Å². The van der Waals surface area contributed by atoms with Gasteiger partial charge in [0.1, 0.15) is 6.54 Å². The monoisotopic (exact) mass is 128 g/mol. The van der Waals surface area contributed by atoms with E-state index in [1.165, 1.54) is 0 Å². The second-order valence-electron chi connectivity index (χ2n) is 1.71. The van der Waals surface area contributed by atoms with E-state index >= 15 is 0 Å². The lowest BCUT2D eigenvalue weighted by Gasteiger charge is -1.87. The minimum absolute atomic E-state index is 0.00264. The van der Waals surface area contributed by atoms with Gasteiger partial charge in [-0.25, -0.2) is 0 Å².